The summed E-state index contributed by atoms with van der Waals surface area (Å²) in [5.74, 6) is 0.0886. The number of aromatic nitrogens is 2. The first-order valence-corrected chi connectivity index (χ1v) is 4.68. The minimum atomic E-state index is -0.439. The maximum atomic E-state index is 13.2. The summed E-state index contributed by atoms with van der Waals surface area (Å²) in [5, 5.41) is 3.87. The van der Waals surface area contributed by atoms with E-state index in [4.69, 9.17) is 4.74 Å². The molecule has 0 aliphatic heterocycles. The second kappa shape index (κ2) is 4.57. The van der Waals surface area contributed by atoms with Gasteiger partial charge in [-0.2, -0.15) is 5.10 Å². The molecule has 0 unspecified atom stereocenters. The lowest BCUT2D eigenvalue weighted by Gasteiger charge is -2.02. The molecule has 0 fully saturated rings. The molecule has 4 nitrogen and oxygen atoms in total. The summed E-state index contributed by atoms with van der Waals surface area (Å²) >= 11 is 0. The van der Waals surface area contributed by atoms with Gasteiger partial charge in [0.25, 0.3) is 0 Å². The topological polar surface area (TPSA) is 44.1 Å². The maximum absolute atomic E-state index is 13.2. The lowest BCUT2D eigenvalue weighted by atomic mass is 10.3. The van der Waals surface area contributed by atoms with Crippen LogP contribution in [0.1, 0.15) is 0 Å². The summed E-state index contributed by atoms with van der Waals surface area (Å²) in [7, 11) is 0. The van der Waals surface area contributed by atoms with Gasteiger partial charge in [0.1, 0.15) is 6.29 Å². The molecule has 1 heterocycles. The average molecular weight is 220 g/mol. The molecule has 0 radical (unpaired) electrons. The molecule has 0 saturated carbocycles. The first-order chi connectivity index (χ1) is 7.79. The Balaban J connectivity index is 2.14. The summed E-state index contributed by atoms with van der Waals surface area (Å²) in [4.78, 5) is 10.2. The molecule has 0 aliphatic rings. The SMILES string of the molecule is O=CCn1cc(Oc2ccccc2F)cn1. The van der Waals surface area contributed by atoms with E-state index in [0.29, 0.717) is 5.75 Å². The molecule has 5 heteroatoms. The molecular weight excluding hydrogens is 211 g/mol. The summed E-state index contributed by atoms with van der Waals surface area (Å²) in [6, 6.07) is 6.09. The number of ether oxygens (including phenoxy) is 1. The van der Waals surface area contributed by atoms with Crippen LogP contribution in [0.15, 0.2) is 36.7 Å². The number of carbonyl (C=O) groups excluding carboxylic acids is 1. The van der Waals surface area contributed by atoms with E-state index in [-0.39, 0.29) is 12.3 Å². The van der Waals surface area contributed by atoms with Gasteiger partial charge in [-0.05, 0) is 12.1 Å². The third kappa shape index (κ3) is 2.25. The van der Waals surface area contributed by atoms with Crippen molar-refractivity contribution in [2.45, 2.75) is 6.54 Å². The van der Waals surface area contributed by atoms with Crippen LogP contribution in [0.4, 0.5) is 4.39 Å². The summed E-state index contributed by atoms with van der Waals surface area (Å²) in [6.45, 7) is 0.153. The summed E-state index contributed by atoms with van der Waals surface area (Å²) in [5.41, 5.74) is 0. The monoisotopic (exact) mass is 220 g/mol. The predicted octanol–water partition coefficient (Wildman–Crippen LogP) is 2.01. The zero-order valence-electron chi connectivity index (χ0n) is 8.34. The largest absolute Gasteiger partial charge is 0.451 e. The van der Waals surface area contributed by atoms with Crippen molar-refractivity contribution in [3.8, 4) is 11.5 Å². The van der Waals surface area contributed by atoms with Crippen LogP contribution in [0.2, 0.25) is 0 Å². The van der Waals surface area contributed by atoms with Crippen molar-refractivity contribution < 1.29 is 13.9 Å². The van der Waals surface area contributed by atoms with Crippen molar-refractivity contribution in [1.82, 2.24) is 9.78 Å². The van der Waals surface area contributed by atoms with E-state index in [9.17, 15) is 9.18 Å². The Morgan fingerprint density at radius 2 is 2.25 bits per heavy atom. The minimum absolute atomic E-state index is 0.133. The van der Waals surface area contributed by atoms with Gasteiger partial charge in [0.2, 0.25) is 0 Å². The lowest BCUT2D eigenvalue weighted by Crippen LogP contribution is -1.97. The zero-order chi connectivity index (χ0) is 11.4. The van der Waals surface area contributed by atoms with Crippen molar-refractivity contribution in [1.29, 1.82) is 0 Å². The number of nitrogens with zero attached hydrogens (tertiary/aromatic N) is 2. The number of hydrogen-bond acceptors (Lipinski definition) is 3. The Morgan fingerprint density at radius 1 is 1.44 bits per heavy atom. The fourth-order valence-electron chi connectivity index (χ4n) is 1.23. The number of para-hydroxylation sites is 1. The summed E-state index contributed by atoms with van der Waals surface area (Å²) < 4.78 is 19.9. The van der Waals surface area contributed by atoms with Gasteiger partial charge in [-0.15, -0.1) is 0 Å². The van der Waals surface area contributed by atoms with Crippen LogP contribution in [0.25, 0.3) is 0 Å². The van der Waals surface area contributed by atoms with Crippen LogP contribution in [0, 0.1) is 5.82 Å². The highest BCUT2D eigenvalue weighted by molar-refractivity contribution is 5.49. The van der Waals surface area contributed by atoms with Gasteiger partial charge in [-0.3, -0.25) is 4.68 Å². The van der Waals surface area contributed by atoms with E-state index in [1.54, 1.807) is 12.1 Å². The highest BCUT2D eigenvalue weighted by Crippen LogP contribution is 2.23. The third-order valence-corrected chi connectivity index (χ3v) is 1.94. The molecule has 0 spiro atoms. The molecule has 0 saturated heterocycles. The van der Waals surface area contributed by atoms with Gasteiger partial charge < -0.3 is 9.53 Å². The van der Waals surface area contributed by atoms with Crippen molar-refractivity contribution >= 4 is 6.29 Å². The van der Waals surface area contributed by atoms with Crippen LogP contribution in [-0.4, -0.2) is 16.1 Å². The van der Waals surface area contributed by atoms with Gasteiger partial charge in [-0.25, -0.2) is 4.39 Å². The Bertz CT molecular complexity index is 496. The molecule has 1 aromatic carbocycles. The molecule has 2 aromatic rings. The van der Waals surface area contributed by atoms with Crippen LogP contribution >= 0.6 is 0 Å². The van der Waals surface area contributed by atoms with Gasteiger partial charge in [0, 0.05) is 0 Å². The van der Waals surface area contributed by atoms with E-state index in [1.165, 1.54) is 29.2 Å². The van der Waals surface area contributed by atoms with Gasteiger partial charge in [0.05, 0.1) is 18.9 Å². The zero-order valence-corrected chi connectivity index (χ0v) is 8.34. The lowest BCUT2D eigenvalue weighted by molar-refractivity contribution is -0.108. The fourth-order valence-corrected chi connectivity index (χ4v) is 1.23. The second-order valence-corrected chi connectivity index (χ2v) is 3.10. The van der Waals surface area contributed by atoms with Crippen molar-refractivity contribution in [3.05, 3.63) is 42.5 Å². The number of hydrogen-bond donors (Lipinski definition) is 0. The minimum Gasteiger partial charge on any atom is -0.451 e. The van der Waals surface area contributed by atoms with Crippen LogP contribution < -0.4 is 4.74 Å². The van der Waals surface area contributed by atoms with Crippen molar-refractivity contribution in [3.63, 3.8) is 0 Å². The predicted molar refractivity (Wildman–Crippen MR) is 54.8 cm³/mol. The first kappa shape index (κ1) is 10.4. The van der Waals surface area contributed by atoms with Crippen molar-refractivity contribution in [2.24, 2.45) is 0 Å². The molecule has 0 atom stereocenters. The highest BCUT2D eigenvalue weighted by atomic mass is 19.1. The fraction of sp³-hybridized carbons (Fsp3) is 0.0909. The smallest absolute Gasteiger partial charge is 0.165 e. The molecular formula is C11H9FN2O2. The molecule has 2 rings (SSSR count). The molecule has 16 heavy (non-hydrogen) atoms. The van der Waals surface area contributed by atoms with E-state index >= 15 is 0 Å². The molecule has 0 N–H and O–H groups in total. The Labute approximate surface area is 91.3 Å². The number of carbonyl (C=O) groups is 1. The first-order valence-electron chi connectivity index (χ1n) is 4.68. The quantitative estimate of drug-likeness (QED) is 0.740. The number of halogens is 1. The Kier molecular flexibility index (Phi) is 2.95. The number of rotatable bonds is 4. The van der Waals surface area contributed by atoms with Crippen LogP contribution in [0.5, 0.6) is 11.5 Å². The average Bonchev–Trinajstić information content (AvgIpc) is 2.70. The number of benzene rings is 1. The third-order valence-electron chi connectivity index (χ3n) is 1.94. The van der Waals surface area contributed by atoms with Crippen LogP contribution in [0.3, 0.4) is 0 Å². The number of aldehydes is 1. The van der Waals surface area contributed by atoms with Gasteiger partial charge in [0.15, 0.2) is 17.3 Å². The molecule has 0 aliphatic carbocycles. The van der Waals surface area contributed by atoms with Gasteiger partial charge >= 0.3 is 0 Å². The molecule has 1 aromatic heterocycles. The van der Waals surface area contributed by atoms with Gasteiger partial charge in [-0.1, -0.05) is 12.1 Å². The molecule has 0 amide bonds. The standard InChI is InChI=1S/C11H9FN2O2/c12-10-3-1-2-4-11(10)16-9-7-13-14(8-9)5-6-15/h1-4,6-8H,5H2. The second-order valence-electron chi connectivity index (χ2n) is 3.10. The maximum Gasteiger partial charge on any atom is 0.165 e. The highest BCUT2D eigenvalue weighted by Gasteiger charge is 2.05. The molecule has 0 bridgehead atoms. The van der Waals surface area contributed by atoms with Crippen LogP contribution in [-0.2, 0) is 11.3 Å². The summed E-state index contributed by atoms with van der Waals surface area (Å²) in [6.07, 6.45) is 3.68. The van der Waals surface area contributed by atoms with Crippen molar-refractivity contribution in [2.75, 3.05) is 0 Å². The van der Waals surface area contributed by atoms with E-state index in [1.807, 2.05) is 0 Å². The van der Waals surface area contributed by atoms with E-state index in [0.717, 1.165) is 6.29 Å². The van der Waals surface area contributed by atoms with E-state index < -0.39 is 5.82 Å². The molecule has 82 valence electrons. The van der Waals surface area contributed by atoms with E-state index in [2.05, 4.69) is 5.10 Å². The Morgan fingerprint density at radius 3 is 3.00 bits per heavy atom. The normalized spacial score (nSPS) is 10.1. The Hall–Kier alpha value is -2.17.